The molecule has 0 aliphatic heterocycles. The summed E-state index contributed by atoms with van der Waals surface area (Å²) >= 11 is 0. The number of nitrogens with one attached hydrogen (secondary N) is 1. The quantitative estimate of drug-likeness (QED) is 0.897. The van der Waals surface area contributed by atoms with Crippen molar-refractivity contribution in [2.24, 2.45) is 0 Å². The molecule has 1 saturated carbocycles. The van der Waals surface area contributed by atoms with Crippen molar-refractivity contribution < 1.29 is 17.9 Å². The third-order valence-electron chi connectivity index (χ3n) is 3.50. The van der Waals surface area contributed by atoms with Gasteiger partial charge in [0.1, 0.15) is 5.75 Å². The maximum Gasteiger partial charge on any atom is 0.573 e. The number of benzene rings is 1. The Balaban J connectivity index is 1.75. The first-order valence-electron chi connectivity index (χ1n) is 7.31. The summed E-state index contributed by atoms with van der Waals surface area (Å²) in [6, 6.07) is 4.76. The second kappa shape index (κ2) is 6.06. The smallest absolute Gasteiger partial charge is 0.406 e. The summed E-state index contributed by atoms with van der Waals surface area (Å²) in [6.07, 6.45) is 0.669. The largest absolute Gasteiger partial charge is 0.573 e. The van der Waals surface area contributed by atoms with Gasteiger partial charge in [-0.15, -0.1) is 13.2 Å². The maximum atomic E-state index is 12.5. The van der Waals surface area contributed by atoms with Crippen molar-refractivity contribution in [1.82, 2.24) is 9.97 Å². The van der Waals surface area contributed by atoms with E-state index in [4.69, 9.17) is 0 Å². The maximum absolute atomic E-state index is 12.5. The predicted octanol–water partition coefficient (Wildman–Crippen LogP) is 4.17. The van der Waals surface area contributed by atoms with Crippen LogP contribution in [-0.4, -0.2) is 16.3 Å². The highest BCUT2D eigenvalue weighted by atomic mass is 19.4. The molecule has 122 valence electrons. The SMILES string of the molecule is Cc1cnc(NCc2cc(OC(F)(F)F)cc(C3CC3)c2)nc1. The normalized spacial score (nSPS) is 14.6. The molecule has 0 bridgehead atoms. The molecule has 7 heteroatoms. The summed E-state index contributed by atoms with van der Waals surface area (Å²) in [4.78, 5) is 8.22. The zero-order valence-electron chi connectivity index (χ0n) is 12.5. The van der Waals surface area contributed by atoms with Crippen molar-refractivity contribution in [2.45, 2.75) is 38.6 Å². The lowest BCUT2D eigenvalue weighted by Crippen LogP contribution is -2.17. The first-order valence-corrected chi connectivity index (χ1v) is 7.31. The number of aryl methyl sites for hydroxylation is 1. The minimum absolute atomic E-state index is 0.177. The van der Waals surface area contributed by atoms with Gasteiger partial charge in [-0.25, -0.2) is 9.97 Å². The number of alkyl halides is 3. The van der Waals surface area contributed by atoms with Crippen LogP contribution >= 0.6 is 0 Å². The molecular formula is C16H16F3N3O. The van der Waals surface area contributed by atoms with E-state index in [-0.39, 0.29) is 5.75 Å². The lowest BCUT2D eigenvalue weighted by atomic mass is 10.1. The fourth-order valence-corrected chi connectivity index (χ4v) is 2.30. The van der Waals surface area contributed by atoms with E-state index < -0.39 is 6.36 Å². The van der Waals surface area contributed by atoms with Crippen molar-refractivity contribution in [2.75, 3.05) is 5.32 Å². The Kier molecular flexibility index (Phi) is 4.11. The van der Waals surface area contributed by atoms with Gasteiger partial charge >= 0.3 is 6.36 Å². The van der Waals surface area contributed by atoms with Crippen LogP contribution in [0.25, 0.3) is 0 Å². The Morgan fingerprint density at radius 3 is 2.48 bits per heavy atom. The molecule has 0 radical (unpaired) electrons. The molecule has 1 aromatic heterocycles. The zero-order valence-corrected chi connectivity index (χ0v) is 12.5. The van der Waals surface area contributed by atoms with Crippen molar-refractivity contribution in [3.05, 3.63) is 47.3 Å². The molecular weight excluding hydrogens is 307 g/mol. The van der Waals surface area contributed by atoms with Gasteiger partial charge in [0.15, 0.2) is 0 Å². The van der Waals surface area contributed by atoms with Crippen LogP contribution in [0.1, 0.15) is 35.4 Å². The zero-order chi connectivity index (χ0) is 16.4. The molecule has 1 aromatic carbocycles. The summed E-state index contributed by atoms with van der Waals surface area (Å²) < 4.78 is 41.4. The van der Waals surface area contributed by atoms with Crippen molar-refractivity contribution >= 4 is 5.95 Å². The van der Waals surface area contributed by atoms with Crippen LogP contribution in [0.15, 0.2) is 30.6 Å². The van der Waals surface area contributed by atoms with Gasteiger partial charge in [0.05, 0.1) is 0 Å². The van der Waals surface area contributed by atoms with Crippen molar-refractivity contribution in [3.63, 3.8) is 0 Å². The molecule has 0 amide bonds. The third kappa shape index (κ3) is 4.58. The number of hydrogen-bond acceptors (Lipinski definition) is 4. The Bertz CT molecular complexity index is 682. The Morgan fingerprint density at radius 1 is 1.17 bits per heavy atom. The van der Waals surface area contributed by atoms with Gasteiger partial charge in [0, 0.05) is 18.9 Å². The first-order chi connectivity index (χ1) is 10.9. The van der Waals surface area contributed by atoms with Crippen LogP contribution in [-0.2, 0) is 6.54 Å². The Morgan fingerprint density at radius 2 is 1.87 bits per heavy atom. The van der Waals surface area contributed by atoms with E-state index in [0.29, 0.717) is 24.0 Å². The van der Waals surface area contributed by atoms with E-state index in [1.54, 1.807) is 12.4 Å². The number of aromatic nitrogens is 2. The van der Waals surface area contributed by atoms with Gasteiger partial charge < -0.3 is 10.1 Å². The summed E-state index contributed by atoms with van der Waals surface area (Å²) in [5.41, 5.74) is 2.53. The van der Waals surface area contributed by atoms with Gasteiger partial charge in [-0.3, -0.25) is 0 Å². The van der Waals surface area contributed by atoms with Crippen LogP contribution < -0.4 is 10.1 Å². The molecule has 1 heterocycles. The average molecular weight is 323 g/mol. The lowest BCUT2D eigenvalue weighted by Gasteiger charge is -2.13. The molecule has 3 rings (SSSR count). The van der Waals surface area contributed by atoms with E-state index in [2.05, 4.69) is 20.0 Å². The van der Waals surface area contributed by atoms with Crippen LogP contribution in [0.5, 0.6) is 5.75 Å². The highest BCUT2D eigenvalue weighted by Gasteiger charge is 2.32. The minimum atomic E-state index is -4.69. The summed E-state index contributed by atoms with van der Waals surface area (Å²) in [5, 5.41) is 3.01. The molecule has 1 aliphatic rings. The van der Waals surface area contributed by atoms with Crippen LogP contribution in [0.4, 0.5) is 19.1 Å². The van der Waals surface area contributed by atoms with Gasteiger partial charge in [-0.1, -0.05) is 6.07 Å². The summed E-state index contributed by atoms with van der Waals surface area (Å²) in [5.74, 6) is 0.593. The number of rotatable bonds is 5. The number of nitrogens with zero attached hydrogens (tertiary/aromatic N) is 2. The van der Waals surface area contributed by atoms with Crippen LogP contribution in [0.3, 0.4) is 0 Å². The van der Waals surface area contributed by atoms with Gasteiger partial charge in [0.2, 0.25) is 5.95 Å². The highest BCUT2D eigenvalue weighted by Crippen LogP contribution is 2.42. The summed E-state index contributed by atoms with van der Waals surface area (Å²) in [7, 11) is 0. The molecule has 2 aromatic rings. The van der Waals surface area contributed by atoms with E-state index in [1.165, 1.54) is 12.1 Å². The number of hydrogen-bond donors (Lipinski definition) is 1. The molecule has 0 saturated heterocycles. The predicted molar refractivity (Wildman–Crippen MR) is 79.2 cm³/mol. The molecule has 0 spiro atoms. The molecule has 1 N–H and O–H groups in total. The highest BCUT2D eigenvalue weighted by molar-refractivity contribution is 5.39. The molecule has 1 aliphatic carbocycles. The Labute approximate surface area is 131 Å². The topological polar surface area (TPSA) is 47.0 Å². The molecule has 23 heavy (non-hydrogen) atoms. The monoisotopic (exact) mass is 323 g/mol. The summed E-state index contributed by atoms with van der Waals surface area (Å²) in [6.45, 7) is 2.21. The van der Waals surface area contributed by atoms with Crippen molar-refractivity contribution in [3.8, 4) is 5.75 Å². The fourth-order valence-electron chi connectivity index (χ4n) is 2.30. The fraction of sp³-hybridized carbons (Fsp3) is 0.375. The second-order valence-corrected chi connectivity index (χ2v) is 5.67. The molecule has 0 atom stereocenters. The van der Waals surface area contributed by atoms with E-state index in [9.17, 15) is 13.2 Å². The van der Waals surface area contributed by atoms with Crippen molar-refractivity contribution in [1.29, 1.82) is 0 Å². The third-order valence-corrected chi connectivity index (χ3v) is 3.50. The van der Waals surface area contributed by atoms with Gasteiger partial charge in [-0.05, 0) is 54.5 Å². The van der Waals surface area contributed by atoms with Crippen LogP contribution in [0, 0.1) is 6.92 Å². The van der Waals surface area contributed by atoms with Gasteiger partial charge in [0.25, 0.3) is 0 Å². The second-order valence-electron chi connectivity index (χ2n) is 5.67. The molecule has 4 nitrogen and oxygen atoms in total. The lowest BCUT2D eigenvalue weighted by molar-refractivity contribution is -0.274. The van der Waals surface area contributed by atoms with Gasteiger partial charge in [-0.2, -0.15) is 0 Å². The number of halogens is 3. The standard InChI is InChI=1S/C16H16F3N3O/c1-10-7-20-15(21-8-10)22-9-11-4-13(12-2-3-12)6-14(5-11)23-16(17,18)19/h4-8,12H,2-3,9H2,1H3,(H,20,21,22). The average Bonchev–Trinajstić information content (AvgIpc) is 3.29. The molecule has 0 unspecified atom stereocenters. The molecule has 1 fully saturated rings. The van der Waals surface area contributed by atoms with E-state index >= 15 is 0 Å². The Hall–Kier alpha value is -2.31. The van der Waals surface area contributed by atoms with E-state index in [0.717, 1.165) is 24.0 Å². The van der Waals surface area contributed by atoms with Crippen LogP contribution in [0.2, 0.25) is 0 Å². The first kappa shape index (κ1) is 15.6. The number of ether oxygens (including phenoxy) is 1. The van der Waals surface area contributed by atoms with E-state index in [1.807, 2.05) is 13.0 Å². The number of anilines is 1. The minimum Gasteiger partial charge on any atom is -0.406 e.